The summed E-state index contributed by atoms with van der Waals surface area (Å²) >= 11 is 0. The van der Waals surface area contributed by atoms with Crippen LogP contribution < -0.4 is 5.32 Å². The molecule has 0 unspecified atom stereocenters. The monoisotopic (exact) mass is 249 g/mol. The second-order valence-electron chi connectivity index (χ2n) is 5.24. The van der Waals surface area contributed by atoms with Crippen molar-refractivity contribution < 1.29 is 5.32 Å². The van der Waals surface area contributed by atoms with Crippen LogP contribution in [0.2, 0.25) is 0 Å². The van der Waals surface area contributed by atoms with Crippen LogP contribution in [0, 0.1) is 0 Å². The average molecular weight is 249 g/mol. The third-order valence-electron chi connectivity index (χ3n) is 4.16. The molecule has 0 bridgehead atoms. The second-order valence-corrected chi connectivity index (χ2v) is 5.24. The zero-order valence-electron chi connectivity index (χ0n) is 10.8. The molecule has 0 radical (unpaired) electrons. The first-order chi connectivity index (χ1) is 9.43. The summed E-state index contributed by atoms with van der Waals surface area (Å²) in [7, 11) is 0. The van der Waals surface area contributed by atoms with Crippen LogP contribution in [0.3, 0.4) is 0 Å². The van der Waals surface area contributed by atoms with Gasteiger partial charge >= 0.3 is 0 Å². The molecule has 1 aromatic heterocycles. The van der Waals surface area contributed by atoms with Crippen molar-refractivity contribution in [2.24, 2.45) is 0 Å². The third-order valence-corrected chi connectivity index (χ3v) is 4.16. The van der Waals surface area contributed by atoms with Gasteiger partial charge in [-0.2, -0.15) is 0 Å². The van der Waals surface area contributed by atoms with E-state index < -0.39 is 0 Å². The Labute approximate surface area is 112 Å². The Morgan fingerprint density at radius 3 is 2.79 bits per heavy atom. The number of nitrogens with two attached hydrogens (primary N) is 1. The van der Waals surface area contributed by atoms with Crippen molar-refractivity contribution in [3.8, 4) is 0 Å². The Balaban J connectivity index is 1.90. The zero-order valence-corrected chi connectivity index (χ0v) is 10.8. The highest BCUT2D eigenvalue weighted by Gasteiger charge is 2.26. The van der Waals surface area contributed by atoms with Crippen molar-refractivity contribution >= 4 is 10.9 Å². The number of aromatic nitrogens is 1. The highest BCUT2D eigenvalue weighted by molar-refractivity contribution is 5.83. The second kappa shape index (κ2) is 4.25. The summed E-state index contributed by atoms with van der Waals surface area (Å²) in [6.07, 6.45) is 3.35. The van der Waals surface area contributed by atoms with Crippen molar-refractivity contribution in [2.45, 2.75) is 12.5 Å². The summed E-state index contributed by atoms with van der Waals surface area (Å²) in [6.45, 7) is 1.17. The summed E-state index contributed by atoms with van der Waals surface area (Å²) < 4.78 is 0. The summed E-state index contributed by atoms with van der Waals surface area (Å²) in [5.74, 6) is 0. The van der Waals surface area contributed by atoms with E-state index in [9.17, 15) is 0 Å². The number of H-pyrrole nitrogens is 1. The fourth-order valence-corrected chi connectivity index (χ4v) is 3.24. The number of benzene rings is 2. The van der Waals surface area contributed by atoms with Gasteiger partial charge in [-0.05, 0) is 11.6 Å². The maximum Gasteiger partial charge on any atom is 0.140 e. The van der Waals surface area contributed by atoms with Crippen LogP contribution in [0.5, 0.6) is 0 Å². The molecule has 3 N–H and O–H groups in total. The number of hydrogen-bond donors (Lipinski definition) is 2. The van der Waals surface area contributed by atoms with Crippen LogP contribution >= 0.6 is 0 Å². The van der Waals surface area contributed by atoms with Gasteiger partial charge in [-0.3, -0.25) is 0 Å². The minimum Gasteiger partial charge on any atom is -0.361 e. The molecule has 0 saturated carbocycles. The number of nitrogens with one attached hydrogen (secondary N) is 1. The largest absolute Gasteiger partial charge is 0.361 e. The highest BCUT2D eigenvalue weighted by Crippen LogP contribution is 2.29. The standard InChI is InChI=1S/C17H16N2/c1-2-6-13-12(5-1)9-10-18-17(13)15-11-19-16-8-4-3-7-14(15)16/h1-8,11,17-19H,9-10H2/p+1/t17-/m1/s1. The Morgan fingerprint density at radius 1 is 0.947 bits per heavy atom. The minimum atomic E-state index is 0.432. The molecule has 0 fully saturated rings. The van der Waals surface area contributed by atoms with Gasteiger partial charge in [-0.25, -0.2) is 0 Å². The van der Waals surface area contributed by atoms with E-state index in [1.165, 1.54) is 40.6 Å². The average Bonchev–Trinajstić information content (AvgIpc) is 2.90. The first-order valence-corrected chi connectivity index (χ1v) is 6.90. The first kappa shape index (κ1) is 10.8. The van der Waals surface area contributed by atoms with E-state index in [2.05, 4.69) is 65.0 Å². The maximum absolute atomic E-state index is 3.40. The summed E-state index contributed by atoms with van der Waals surface area (Å²) in [6, 6.07) is 17.8. The van der Waals surface area contributed by atoms with Gasteiger partial charge in [0.25, 0.3) is 0 Å². The zero-order chi connectivity index (χ0) is 12.7. The molecule has 4 rings (SSSR count). The van der Waals surface area contributed by atoms with E-state index in [-0.39, 0.29) is 0 Å². The summed E-state index contributed by atoms with van der Waals surface area (Å²) in [5.41, 5.74) is 5.61. The van der Waals surface area contributed by atoms with Crippen molar-refractivity contribution in [3.63, 3.8) is 0 Å². The molecule has 0 aliphatic carbocycles. The Bertz CT molecular complexity index is 727. The lowest BCUT2D eigenvalue weighted by molar-refractivity contribution is -0.689. The molecule has 1 atom stereocenters. The fourth-order valence-electron chi connectivity index (χ4n) is 3.24. The van der Waals surface area contributed by atoms with Crippen molar-refractivity contribution in [1.29, 1.82) is 0 Å². The quantitative estimate of drug-likeness (QED) is 0.664. The van der Waals surface area contributed by atoms with Crippen molar-refractivity contribution in [2.75, 3.05) is 6.54 Å². The molecule has 3 aromatic rings. The van der Waals surface area contributed by atoms with Crippen LogP contribution in [0.4, 0.5) is 0 Å². The number of aromatic amines is 1. The van der Waals surface area contributed by atoms with Crippen LogP contribution in [-0.2, 0) is 6.42 Å². The van der Waals surface area contributed by atoms with Gasteiger partial charge in [-0.15, -0.1) is 0 Å². The maximum atomic E-state index is 3.40. The molecular formula is C17H17N2+. The van der Waals surface area contributed by atoms with E-state index in [1.807, 2.05) is 0 Å². The lowest BCUT2D eigenvalue weighted by Crippen LogP contribution is -2.87. The number of hydrogen-bond acceptors (Lipinski definition) is 0. The van der Waals surface area contributed by atoms with Crippen molar-refractivity contribution in [1.82, 2.24) is 4.98 Å². The van der Waals surface area contributed by atoms with Crippen LogP contribution in [0.25, 0.3) is 10.9 Å². The van der Waals surface area contributed by atoms with Gasteiger partial charge in [0, 0.05) is 34.6 Å². The molecule has 1 aliphatic heterocycles. The first-order valence-electron chi connectivity index (χ1n) is 6.90. The number of quaternary nitrogens is 1. The van der Waals surface area contributed by atoms with Gasteiger partial charge in [0.05, 0.1) is 6.54 Å². The van der Waals surface area contributed by atoms with Gasteiger partial charge < -0.3 is 10.3 Å². The molecule has 1 aliphatic rings. The lowest BCUT2D eigenvalue weighted by atomic mass is 9.90. The molecule has 94 valence electrons. The summed E-state index contributed by atoms with van der Waals surface area (Å²) in [5, 5.41) is 3.80. The molecule has 0 saturated heterocycles. The smallest absolute Gasteiger partial charge is 0.140 e. The predicted molar refractivity (Wildman–Crippen MR) is 77.1 cm³/mol. The number of fused-ring (bicyclic) bond motifs is 2. The lowest BCUT2D eigenvalue weighted by Gasteiger charge is -2.23. The molecule has 2 heterocycles. The minimum absolute atomic E-state index is 0.432. The predicted octanol–water partition coefficient (Wildman–Crippen LogP) is 2.38. The van der Waals surface area contributed by atoms with E-state index in [4.69, 9.17) is 0 Å². The third kappa shape index (κ3) is 1.68. The van der Waals surface area contributed by atoms with Crippen LogP contribution in [-0.4, -0.2) is 11.5 Å². The van der Waals surface area contributed by atoms with E-state index >= 15 is 0 Å². The van der Waals surface area contributed by atoms with Gasteiger partial charge in [-0.1, -0.05) is 42.5 Å². The molecule has 2 aromatic carbocycles. The summed E-state index contributed by atoms with van der Waals surface area (Å²) in [4.78, 5) is 3.40. The molecule has 2 heteroatoms. The SMILES string of the molecule is c1ccc2c(c1)CC[NH2+][C@H]2c1c[nH]c2ccccc12. The van der Waals surface area contributed by atoms with Gasteiger partial charge in [0.1, 0.15) is 6.04 Å². The van der Waals surface area contributed by atoms with Gasteiger partial charge in [0.15, 0.2) is 0 Å². The van der Waals surface area contributed by atoms with E-state index in [0.717, 1.165) is 0 Å². The highest BCUT2D eigenvalue weighted by atomic mass is 14.9. The Kier molecular flexibility index (Phi) is 2.42. The van der Waals surface area contributed by atoms with Gasteiger partial charge in [0.2, 0.25) is 0 Å². The van der Waals surface area contributed by atoms with Crippen LogP contribution in [0.1, 0.15) is 22.7 Å². The Hall–Kier alpha value is -2.06. The molecular weight excluding hydrogens is 232 g/mol. The van der Waals surface area contributed by atoms with E-state index in [1.54, 1.807) is 0 Å². The molecule has 2 nitrogen and oxygen atoms in total. The van der Waals surface area contributed by atoms with E-state index in [0.29, 0.717) is 6.04 Å². The number of para-hydroxylation sites is 1. The normalized spacial score (nSPS) is 18.4. The number of rotatable bonds is 1. The Morgan fingerprint density at radius 2 is 1.79 bits per heavy atom. The molecule has 0 amide bonds. The molecule has 0 spiro atoms. The topological polar surface area (TPSA) is 32.4 Å². The van der Waals surface area contributed by atoms with Crippen LogP contribution in [0.15, 0.2) is 54.7 Å². The molecule has 19 heavy (non-hydrogen) atoms. The van der Waals surface area contributed by atoms with Crippen molar-refractivity contribution in [3.05, 3.63) is 71.4 Å². The fraction of sp³-hybridized carbons (Fsp3) is 0.176.